The van der Waals surface area contributed by atoms with E-state index >= 15 is 0 Å². The van der Waals surface area contributed by atoms with Crippen LogP contribution in [0.5, 0.6) is 0 Å². The van der Waals surface area contributed by atoms with Gasteiger partial charge in [0.25, 0.3) is 0 Å². The minimum Gasteiger partial charge on any atom is -0.467 e. The normalized spacial score (nSPS) is 16.7. The lowest BCUT2D eigenvalue weighted by molar-refractivity contribution is -0.150. The van der Waals surface area contributed by atoms with Crippen molar-refractivity contribution >= 4 is 23.6 Å². The molecule has 0 spiro atoms. The molecule has 1 unspecified atom stereocenters. The molecule has 6 nitrogen and oxygen atoms in total. The number of thioether (sulfide) groups is 1. The third-order valence-corrected chi connectivity index (χ3v) is 5.41. The molecular formula is C19H23N3O3S. The minimum atomic E-state index is -0.452. The van der Waals surface area contributed by atoms with E-state index < -0.39 is 6.04 Å². The number of amides is 1. The zero-order valence-electron chi connectivity index (χ0n) is 15.3. The van der Waals surface area contributed by atoms with Gasteiger partial charge >= 0.3 is 5.97 Å². The maximum Gasteiger partial charge on any atom is 0.328 e. The fourth-order valence-electron chi connectivity index (χ4n) is 3.34. The molecule has 0 radical (unpaired) electrons. The number of aryl methyl sites for hydroxylation is 2. The number of hydrogen-bond donors (Lipinski definition) is 0. The van der Waals surface area contributed by atoms with E-state index in [2.05, 4.69) is 37.0 Å². The predicted molar refractivity (Wildman–Crippen MR) is 101 cm³/mol. The number of aromatic nitrogens is 2. The van der Waals surface area contributed by atoms with Crippen molar-refractivity contribution in [1.29, 1.82) is 0 Å². The van der Waals surface area contributed by atoms with Crippen LogP contribution in [0.1, 0.15) is 24.0 Å². The zero-order chi connectivity index (χ0) is 18.7. The van der Waals surface area contributed by atoms with Gasteiger partial charge in [-0.15, -0.1) is 0 Å². The average Bonchev–Trinajstić information content (AvgIpc) is 3.27. The highest BCUT2D eigenvalue weighted by Crippen LogP contribution is 2.24. The van der Waals surface area contributed by atoms with Crippen LogP contribution < -0.4 is 0 Å². The summed E-state index contributed by atoms with van der Waals surface area (Å²) in [4.78, 5) is 30.4. The highest BCUT2D eigenvalue weighted by atomic mass is 32.2. The molecule has 26 heavy (non-hydrogen) atoms. The topological polar surface area (TPSA) is 64.4 Å². The van der Waals surface area contributed by atoms with Gasteiger partial charge in [-0.2, -0.15) is 0 Å². The molecule has 1 saturated heterocycles. The Balaban J connectivity index is 1.70. The van der Waals surface area contributed by atoms with Crippen molar-refractivity contribution in [3.8, 4) is 5.69 Å². The molecule has 1 aliphatic heterocycles. The number of esters is 1. The van der Waals surface area contributed by atoms with Crippen LogP contribution in [0, 0.1) is 13.8 Å². The lowest BCUT2D eigenvalue weighted by atomic mass is 10.1. The number of methoxy groups -OCH3 is 1. The summed E-state index contributed by atoms with van der Waals surface area (Å²) >= 11 is 1.39. The Morgan fingerprint density at radius 1 is 1.27 bits per heavy atom. The maximum absolute atomic E-state index is 12.6. The Hall–Kier alpha value is -2.28. The van der Waals surface area contributed by atoms with Gasteiger partial charge in [-0.3, -0.25) is 9.36 Å². The molecule has 0 aliphatic carbocycles. The summed E-state index contributed by atoms with van der Waals surface area (Å²) in [5.74, 6) is -0.148. The molecule has 1 amide bonds. The number of hydrogen-bond acceptors (Lipinski definition) is 5. The highest BCUT2D eigenvalue weighted by Gasteiger charge is 2.34. The number of benzene rings is 1. The van der Waals surface area contributed by atoms with Crippen molar-refractivity contribution in [2.24, 2.45) is 0 Å². The molecular weight excluding hydrogens is 350 g/mol. The fraction of sp³-hybridized carbons (Fsp3) is 0.421. The zero-order valence-corrected chi connectivity index (χ0v) is 16.1. The summed E-state index contributed by atoms with van der Waals surface area (Å²) in [6, 6.07) is 5.85. The minimum absolute atomic E-state index is 0.0575. The molecule has 138 valence electrons. The van der Waals surface area contributed by atoms with Gasteiger partial charge in [-0.25, -0.2) is 9.78 Å². The SMILES string of the molecule is COC(=O)C1CCCN1C(=O)CSc1nccn1-c1cc(C)cc(C)c1. The van der Waals surface area contributed by atoms with Gasteiger partial charge in [0, 0.05) is 24.6 Å². The van der Waals surface area contributed by atoms with Crippen molar-refractivity contribution in [1.82, 2.24) is 14.5 Å². The first-order valence-corrected chi connectivity index (χ1v) is 9.60. The van der Waals surface area contributed by atoms with Gasteiger partial charge < -0.3 is 9.64 Å². The summed E-state index contributed by atoms with van der Waals surface area (Å²) in [6.07, 6.45) is 5.12. The van der Waals surface area contributed by atoms with E-state index in [1.807, 2.05) is 10.8 Å². The van der Waals surface area contributed by atoms with Crippen LogP contribution in [0.25, 0.3) is 5.69 Å². The Labute approximate surface area is 157 Å². The molecule has 7 heteroatoms. The van der Waals surface area contributed by atoms with Crippen molar-refractivity contribution < 1.29 is 14.3 Å². The van der Waals surface area contributed by atoms with Gasteiger partial charge in [-0.05, 0) is 49.9 Å². The van der Waals surface area contributed by atoms with Gasteiger partial charge in [-0.1, -0.05) is 17.8 Å². The second-order valence-electron chi connectivity index (χ2n) is 6.48. The quantitative estimate of drug-likeness (QED) is 0.596. The summed E-state index contributed by atoms with van der Waals surface area (Å²) in [7, 11) is 1.36. The van der Waals surface area contributed by atoms with Crippen molar-refractivity contribution in [2.75, 3.05) is 19.4 Å². The largest absolute Gasteiger partial charge is 0.467 e. The smallest absolute Gasteiger partial charge is 0.328 e. The summed E-state index contributed by atoms with van der Waals surface area (Å²) in [5, 5.41) is 0.761. The van der Waals surface area contributed by atoms with Gasteiger partial charge in [0.2, 0.25) is 5.91 Å². The van der Waals surface area contributed by atoms with E-state index in [-0.39, 0.29) is 17.6 Å². The number of likely N-dealkylation sites (tertiary alicyclic amines) is 1. The first-order chi connectivity index (χ1) is 12.5. The van der Waals surface area contributed by atoms with E-state index in [9.17, 15) is 9.59 Å². The van der Waals surface area contributed by atoms with E-state index in [1.165, 1.54) is 30.0 Å². The Bertz CT molecular complexity index is 798. The highest BCUT2D eigenvalue weighted by molar-refractivity contribution is 7.99. The number of ether oxygens (including phenoxy) is 1. The van der Waals surface area contributed by atoms with Gasteiger partial charge in [0.05, 0.1) is 12.9 Å². The summed E-state index contributed by atoms with van der Waals surface area (Å²) < 4.78 is 6.79. The Morgan fingerprint density at radius 2 is 2.00 bits per heavy atom. The molecule has 2 aromatic rings. The molecule has 2 heterocycles. The Kier molecular flexibility index (Phi) is 5.66. The van der Waals surface area contributed by atoms with E-state index in [4.69, 9.17) is 4.74 Å². The summed E-state index contributed by atoms with van der Waals surface area (Å²) in [6.45, 7) is 4.72. The third-order valence-electron chi connectivity index (χ3n) is 4.46. The fourth-order valence-corrected chi connectivity index (χ4v) is 4.20. The first kappa shape index (κ1) is 18.5. The molecule has 1 fully saturated rings. The number of imidazole rings is 1. The first-order valence-electron chi connectivity index (χ1n) is 8.61. The second-order valence-corrected chi connectivity index (χ2v) is 7.43. The van der Waals surface area contributed by atoms with Crippen molar-refractivity contribution in [3.05, 3.63) is 41.7 Å². The molecule has 1 aromatic heterocycles. The lowest BCUT2D eigenvalue weighted by Crippen LogP contribution is -2.42. The molecule has 3 rings (SSSR count). The van der Waals surface area contributed by atoms with Crippen molar-refractivity contribution in [2.45, 2.75) is 37.9 Å². The van der Waals surface area contributed by atoms with E-state index in [0.29, 0.717) is 13.0 Å². The summed E-state index contributed by atoms with van der Waals surface area (Å²) in [5.41, 5.74) is 3.39. The van der Waals surface area contributed by atoms with Crippen molar-refractivity contribution in [3.63, 3.8) is 0 Å². The number of nitrogens with zero attached hydrogens (tertiary/aromatic N) is 3. The molecule has 1 aliphatic rings. The third kappa shape index (κ3) is 3.93. The Morgan fingerprint density at radius 3 is 2.69 bits per heavy atom. The van der Waals surface area contributed by atoms with Crippen LogP contribution in [0.15, 0.2) is 35.7 Å². The molecule has 0 bridgehead atoms. The average molecular weight is 373 g/mol. The lowest BCUT2D eigenvalue weighted by Gasteiger charge is -2.22. The van der Waals surface area contributed by atoms with Crippen LogP contribution >= 0.6 is 11.8 Å². The standard InChI is InChI=1S/C19H23N3O3S/c1-13-9-14(2)11-15(10-13)21-8-6-20-19(21)26-12-17(23)22-7-4-5-16(22)18(24)25-3/h6,8-11,16H,4-5,7,12H2,1-3H3. The van der Waals surface area contributed by atoms with Crippen LogP contribution in [0.4, 0.5) is 0 Å². The molecule has 1 atom stereocenters. The van der Waals surface area contributed by atoms with E-state index in [1.54, 1.807) is 11.1 Å². The van der Waals surface area contributed by atoms with Gasteiger partial charge in [0.1, 0.15) is 6.04 Å². The number of carbonyl (C=O) groups excluding carboxylic acids is 2. The second kappa shape index (κ2) is 7.95. The van der Waals surface area contributed by atoms with Crippen LogP contribution in [-0.2, 0) is 14.3 Å². The molecule has 0 saturated carbocycles. The monoisotopic (exact) mass is 373 g/mol. The number of carbonyl (C=O) groups is 2. The van der Waals surface area contributed by atoms with Gasteiger partial charge in [0.15, 0.2) is 5.16 Å². The predicted octanol–water partition coefficient (Wildman–Crippen LogP) is 2.75. The maximum atomic E-state index is 12.6. The molecule has 0 N–H and O–H groups in total. The number of rotatable bonds is 5. The van der Waals surface area contributed by atoms with Crippen LogP contribution in [-0.4, -0.2) is 51.8 Å². The van der Waals surface area contributed by atoms with Crippen LogP contribution in [0.3, 0.4) is 0 Å². The van der Waals surface area contributed by atoms with Crippen LogP contribution in [0.2, 0.25) is 0 Å². The van der Waals surface area contributed by atoms with E-state index in [0.717, 1.165) is 17.3 Å². The molecule has 1 aromatic carbocycles.